The number of rotatable bonds is 8. The van der Waals surface area contributed by atoms with Gasteiger partial charge in [-0.25, -0.2) is 14.4 Å². The van der Waals surface area contributed by atoms with Crippen LogP contribution in [0.25, 0.3) is 10.9 Å². The van der Waals surface area contributed by atoms with Gasteiger partial charge in [-0.2, -0.15) is 0 Å². The van der Waals surface area contributed by atoms with Crippen LogP contribution in [0.1, 0.15) is 0 Å². The smallest absolute Gasteiger partial charge is 0.162 e. The van der Waals surface area contributed by atoms with Gasteiger partial charge in [-0.15, -0.1) is 0 Å². The first kappa shape index (κ1) is 22.5. The molecule has 1 aliphatic rings. The minimum absolute atomic E-state index is 0.0216. The van der Waals surface area contributed by atoms with Crippen LogP contribution in [0.3, 0.4) is 0 Å². The van der Waals surface area contributed by atoms with Crippen molar-refractivity contribution in [2.45, 2.75) is 6.04 Å². The van der Waals surface area contributed by atoms with E-state index in [9.17, 15) is 4.39 Å². The minimum Gasteiger partial charge on any atom is -0.493 e. The molecule has 2 heterocycles. The zero-order valence-electron chi connectivity index (χ0n) is 17.7. The Kier molecular flexibility index (Phi) is 7.21. The van der Waals surface area contributed by atoms with Gasteiger partial charge in [0.1, 0.15) is 24.6 Å². The first-order valence-corrected chi connectivity index (χ1v) is 10.6. The number of morpholine rings is 1. The summed E-state index contributed by atoms with van der Waals surface area (Å²) in [4.78, 5) is 10.9. The van der Waals surface area contributed by atoms with E-state index in [4.69, 9.17) is 31.5 Å². The zero-order valence-corrected chi connectivity index (χ0v) is 18.4. The maximum atomic E-state index is 13.5. The van der Waals surface area contributed by atoms with E-state index in [1.807, 2.05) is 6.07 Å². The van der Waals surface area contributed by atoms with E-state index in [-0.39, 0.29) is 11.1 Å². The van der Waals surface area contributed by atoms with Gasteiger partial charge >= 0.3 is 0 Å². The monoisotopic (exact) mass is 461 g/mol. The first-order chi connectivity index (χ1) is 15.5. The van der Waals surface area contributed by atoms with E-state index < -0.39 is 5.82 Å². The molecule has 0 bridgehead atoms. The largest absolute Gasteiger partial charge is 0.493 e. The Balaban J connectivity index is 1.54. The van der Waals surface area contributed by atoms with Gasteiger partial charge in [-0.3, -0.25) is 4.90 Å². The van der Waals surface area contributed by atoms with Crippen LogP contribution in [0.4, 0.5) is 15.9 Å². The van der Waals surface area contributed by atoms with Crippen LogP contribution in [0, 0.1) is 5.82 Å². The molecular weight excluding hydrogens is 437 g/mol. The van der Waals surface area contributed by atoms with Gasteiger partial charge in [-0.1, -0.05) is 11.6 Å². The lowest BCUT2D eigenvalue weighted by Gasteiger charge is -2.29. The second kappa shape index (κ2) is 10.3. The van der Waals surface area contributed by atoms with Gasteiger partial charge in [-0.05, 0) is 24.3 Å². The number of nitrogens with two attached hydrogens (primary N) is 1. The third-order valence-corrected chi connectivity index (χ3v) is 5.44. The molecule has 0 aliphatic carbocycles. The molecule has 1 aliphatic heterocycles. The highest BCUT2D eigenvalue weighted by atomic mass is 35.5. The first-order valence-electron chi connectivity index (χ1n) is 10.3. The minimum atomic E-state index is -0.487. The third-order valence-electron chi connectivity index (χ3n) is 5.15. The number of hydrogen-bond donors (Lipinski definition) is 2. The summed E-state index contributed by atoms with van der Waals surface area (Å²) in [7, 11) is 1.57. The second-order valence-corrected chi connectivity index (χ2v) is 7.89. The van der Waals surface area contributed by atoms with Gasteiger partial charge in [0, 0.05) is 36.8 Å². The molecule has 0 radical (unpaired) electrons. The summed E-state index contributed by atoms with van der Waals surface area (Å²) in [6, 6.07) is 7.80. The molecule has 10 heteroatoms. The Bertz CT molecular complexity index is 1080. The number of anilines is 2. The molecule has 4 rings (SSSR count). The maximum absolute atomic E-state index is 13.5. The Morgan fingerprint density at radius 3 is 2.78 bits per heavy atom. The van der Waals surface area contributed by atoms with Crippen molar-refractivity contribution in [1.82, 2.24) is 14.9 Å². The summed E-state index contributed by atoms with van der Waals surface area (Å²) in [5, 5.41) is 3.89. The van der Waals surface area contributed by atoms with Crippen molar-refractivity contribution in [2.24, 2.45) is 5.73 Å². The van der Waals surface area contributed by atoms with Crippen molar-refractivity contribution >= 4 is 34.0 Å². The van der Waals surface area contributed by atoms with Crippen LogP contribution in [0.5, 0.6) is 11.5 Å². The molecule has 32 heavy (non-hydrogen) atoms. The number of methoxy groups -OCH3 is 1. The highest BCUT2D eigenvalue weighted by molar-refractivity contribution is 6.31. The van der Waals surface area contributed by atoms with Crippen LogP contribution < -0.4 is 20.5 Å². The van der Waals surface area contributed by atoms with E-state index in [2.05, 4.69) is 20.2 Å². The molecule has 0 amide bonds. The molecule has 1 saturated heterocycles. The summed E-state index contributed by atoms with van der Waals surface area (Å²) in [6.07, 6.45) is 1.44. The standard InChI is InChI=1S/C22H25ClFN5O3/c1-30-20-10-19-16(9-21(20)32-12-14(25)11-29-4-6-31-7-5-29)22(27-13-26-19)28-15-2-3-18(24)17(23)8-15/h2-3,8-10,13-14H,4-7,11-12,25H2,1H3,(H,26,27,28). The van der Waals surface area contributed by atoms with Crippen molar-refractivity contribution in [3.8, 4) is 11.5 Å². The van der Waals surface area contributed by atoms with Crippen molar-refractivity contribution in [1.29, 1.82) is 0 Å². The predicted octanol–water partition coefficient (Wildman–Crippen LogP) is 3.21. The summed E-state index contributed by atoms with van der Waals surface area (Å²) >= 11 is 5.90. The average molecular weight is 462 g/mol. The lowest BCUT2D eigenvalue weighted by Crippen LogP contribution is -2.45. The Morgan fingerprint density at radius 1 is 1.22 bits per heavy atom. The van der Waals surface area contributed by atoms with Crippen LogP contribution in [0.2, 0.25) is 5.02 Å². The van der Waals surface area contributed by atoms with Crippen molar-refractivity contribution < 1.29 is 18.6 Å². The fourth-order valence-corrected chi connectivity index (χ4v) is 3.69. The summed E-state index contributed by atoms with van der Waals surface area (Å²) in [6.45, 7) is 4.23. The van der Waals surface area contributed by atoms with Gasteiger partial charge in [0.25, 0.3) is 0 Å². The molecule has 0 saturated carbocycles. The average Bonchev–Trinajstić information content (AvgIpc) is 2.80. The molecule has 1 fully saturated rings. The molecular formula is C22H25ClFN5O3. The van der Waals surface area contributed by atoms with Gasteiger partial charge in [0.2, 0.25) is 0 Å². The number of fused-ring (bicyclic) bond motifs is 1. The molecule has 170 valence electrons. The SMILES string of the molecule is COc1cc2ncnc(Nc3ccc(F)c(Cl)c3)c2cc1OCC(N)CN1CCOCC1. The summed E-state index contributed by atoms with van der Waals surface area (Å²) in [5.74, 6) is 1.12. The molecule has 1 aromatic heterocycles. The Morgan fingerprint density at radius 2 is 2.03 bits per heavy atom. The van der Waals surface area contributed by atoms with Crippen LogP contribution in [0.15, 0.2) is 36.7 Å². The van der Waals surface area contributed by atoms with Gasteiger partial charge in [0.05, 0.1) is 36.9 Å². The summed E-state index contributed by atoms with van der Waals surface area (Å²) < 4.78 is 30.4. The van der Waals surface area contributed by atoms with Crippen molar-refractivity contribution in [3.05, 3.63) is 47.5 Å². The normalized spacial score (nSPS) is 15.5. The molecule has 1 atom stereocenters. The third kappa shape index (κ3) is 5.36. The second-order valence-electron chi connectivity index (χ2n) is 7.48. The van der Waals surface area contributed by atoms with Crippen LogP contribution in [-0.2, 0) is 4.74 Å². The molecule has 0 spiro atoms. The highest BCUT2D eigenvalue weighted by Gasteiger charge is 2.17. The van der Waals surface area contributed by atoms with Crippen LogP contribution in [-0.4, -0.2) is 67.5 Å². The van der Waals surface area contributed by atoms with Gasteiger partial charge in [0.15, 0.2) is 11.5 Å². The number of ether oxygens (including phenoxy) is 3. The van der Waals surface area contributed by atoms with Crippen molar-refractivity contribution in [3.63, 3.8) is 0 Å². The van der Waals surface area contributed by atoms with E-state index in [0.29, 0.717) is 40.5 Å². The van der Waals surface area contributed by atoms with E-state index >= 15 is 0 Å². The number of halogens is 2. The quantitative estimate of drug-likeness (QED) is 0.528. The molecule has 3 N–H and O–H groups in total. The number of benzene rings is 2. The molecule has 2 aromatic carbocycles. The number of nitrogens with one attached hydrogen (secondary N) is 1. The molecule has 1 unspecified atom stereocenters. The number of nitrogens with zero attached hydrogens (tertiary/aromatic N) is 3. The Hall–Kier alpha value is -2.72. The summed E-state index contributed by atoms with van der Waals surface area (Å²) in [5.41, 5.74) is 7.55. The lowest BCUT2D eigenvalue weighted by atomic mass is 10.2. The van der Waals surface area contributed by atoms with E-state index in [0.717, 1.165) is 32.8 Å². The van der Waals surface area contributed by atoms with E-state index in [1.165, 1.54) is 18.5 Å². The van der Waals surface area contributed by atoms with Gasteiger partial charge < -0.3 is 25.3 Å². The predicted molar refractivity (Wildman–Crippen MR) is 122 cm³/mol. The van der Waals surface area contributed by atoms with E-state index in [1.54, 1.807) is 19.2 Å². The zero-order chi connectivity index (χ0) is 22.5. The van der Waals surface area contributed by atoms with Crippen molar-refractivity contribution in [2.75, 3.05) is 51.9 Å². The fraction of sp³-hybridized carbons (Fsp3) is 0.364. The number of hydrogen-bond acceptors (Lipinski definition) is 8. The highest BCUT2D eigenvalue weighted by Crippen LogP contribution is 2.35. The maximum Gasteiger partial charge on any atom is 0.162 e. The topological polar surface area (TPSA) is 94.8 Å². The number of aromatic nitrogens is 2. The lowest BCUT2D eigenvalue weighted by molar-refractivity contribution is 0.0330. The molecule has 3 aromatic rings. The van der Waals surface area contributed by atoms with Crippen LogP contribution >= 0.6 is 11.6 Å². The fourth-order valence-electron chi connectivity index (χ4n) is 3.51. The molecule has 8 nitrogen and oxygen atoms in total. The Labute approximate surface area is 190 Å².